The van der Waals surface area contributed by atoms with E-state index < -0.39 is 5.97 Å². The Morgan fingerprint density at radius 2 is 2.03 bits per heavy atom. The molecule has 1 aliphatic rings. The first kappa shape index (κ1) is 22.7. The Morgan fingerprint density at radius 1 is 1.21 bits per heavy atom. The summed E-state index contributed by atoms with van der Waals surface area (Å²) in [4.78, 5) is 11.1. The summed E-state index contributed by atoms with van der Waals surface area (Å²) in [6, 6.07) is 23.2. The first-order valence-electron chi connectivity index (χ1n) is 10.8. The van der Waals surface area contributed by atoms with Crippen molar-refractivity contribution in [2.75, 3.05) is 18.4 Å². The number of halogens is 1. The SMILES string of the molecule is N#Cc1cccc2c1O[C@@H]([C@H](NCCc1ccc(Cl)c(CC(=O)O)c1)c1ccccc1)CN2. The summed E-state index contributed by atoms with van der Waals surface area (Å²) in [6.45, 7) is 1.25. The van der Waals surface area contributed by atoms with Crippen molar-refractivity contribution in [3.8, 4) is 11.8 Å². The fraction of sp³-hybridized carbons (Fsp3) is 0.231. The smallest absolute Gasteiger partial charge is 0.307 e. The molecule has 3 N–H and O–H groups in total. The van der Waals surface area contributed by atoms with Gasteiger partial charge in [-0.05, 0) is 47.9 Å². The zero-order valence-electron chi connectivity index (χ0n) is 17.9. The van der Waals surface area contributed by atoms with Gasteiger partial charge in [-0.15, -0.1) is 0 Å². The fourth-order valence-corrected chi connectivity index (χ4v) is 4.24. The maximum atomic E-state index is 11.1. The third-order valence-electron chi connectivity index (χ3n) is 5.66. The maximum Gasteiger partial charge on any atom is 0.307 e. The number of aliphatic carboxylic acids is 1. The Hall–Kier alpha value is -3.53. The van der Waals surface area contributed by atoms with Crippen LogP contribution in [-0.4, -0.2) is 30.3 Å². The number of para-hydroxylation sites is 1. The van der Waals surface area contributed by atoms with Gasteiger partial charge in [0.2, 0.25) is 0 Å². The Labute approximate surface area is 197 Å². The van der Waals surface area contributed by atoms with Crippen molar-refractivity contribution in [3.05, 3.63) is 94.0 Å². The van der Waals surface area contributed by atoms with E-state index in [4.69, 9.17) is 21.4 Å². The lowest BCUT2D eigenvalue weighted by molar-refractivity contribution is -0.136. The lowest BCUT2D eigenvalue weighted by atomic mass is 9.98. The molecule has 1 aliphatic heterocycles. The summed E-state index contributed by atoms with van der Waals surface area (Å²) in [5, 5.41) is 26.0. The minimum Gasteiger partial charge on any atom is -0.483 e. The molecule has 0 unspecified atom stereocenters. The van der Waals surface area contributed by atoms with E-state index in [1.165, 1.54) is 0 Å². The van der Waals surface area contributed by atoms with Gasteiger partial charge in [0.05, 0.1) is 30.3 Å². The Kier molecular flexibility index (Phi) is 7.13. The van der Waals surface area contributed by atoms with Crippen LogP contribution in [0.1, 0.15) is 28.3 Å². The molecular weight excluding hydrogens is 438 g/mol. The van der Waals surface area contributed by atoms with Crippen LogP contribution in [0.25, 0.3) is 0 Å². The van der Waals surface area contributed by atoms with E-state index >= 15 is 0 Å². The number of hydrogen-bond acceptors (Lipinski definition) is 5. The van der Waals surface area contributed by atoms with Crippen molar-refractivity contribution >= 4 is 23.3 Å². The highest BCUT2D eigenvalue weighted by atomic mass is 35.5. The van der Waals surface area contributed by atoms with Crippen LogP contribution in [0.4, 0.5) is 5.69 Å². The monoisotopic (exact) mass is 461 g/mol. The summed E-state index contributed by atoms with van der Waals surface area (Å²) in [6.07, 6.45) is 0.379. The predicted molar refractivity (Wildman–Crippen MR) is 128 cm³/mol. The second-order valence-electron chi connectivity index (χ2n) is 7.92. The fourth-order valence-electron chi connectivity index (χ4n) is 4.06. The lowest BCUT2D eigenvalue weighted by Gasteiger charge is -2.34. The van der Waals surface area contributed by atoms with E-state index in [1.807, 2.05) is 42.5 Å². The summed E-state index contributed by atoms with van der Waals surface area (Å²) in [7, 11) is 0. The van der Waals surface area contributed by atoms with E-state index in [1.54, 1.807) is 12.1 Å². The number of carboxylic acid groups (broad SMARTS) is 1. The average molecular weight is 462 g/mol. The molecule has 33 heavy (non-hydrogen) atoms. The average Bonchev–Trinajstić information content (AvgIpc) is 2.83. The minimum absolute atomic E-state index is 0.102. The topological polar surface area (TPSA) is 94.4 Å². The first-order valence-corrected chi connectivity index (χ1v) is 11.1. The molecule has 0 bridgehead atoms. The molecule has 3 aromatic carbocycles. The van der Waals surface area contributed by atoms with Gasteiger partial charge < -0.3 is 20.5 Å². The second kappa shape index (κ2) is 10.4. The summed E-state index contributed by atoms with van der Waals surface area (Å²) >= 11 is 6.15. The van der Waals surface area contributed by atoms with Crippen molar-refractivity contribution in [2.24, 2.45) is 0 Å². The second-order valence-corrected chi connectivity index (χ2v) is 8.33. The largest absolute Gasteiger partial charge is 0.483 e. The molecule has 6 nitrogen and oxygen atoms in total. The quantitative estimate of drug-likeness (QED) is 0.454. The number of benzene rings is 3. The van der Waals surface area contributed by atoms with Gasteiger partial charge in [-0.1, -0.05) is 60.1 Å². The van der Waals surface area contributed by atoms with Crippen molar-refractivity contribution in [1.29, 1.82) is 5.26 Å². The minimum atomic E-state index is -0.907. The van der Waals surface area contributed by atoms with Crippen LogP contribution in [0.2, 0.25) is 5.02 Å². The number of carbonyl (C=O) groups is 1. The molecule has 0 saturated heterocycles. The van der Waals surface area contributed by atoms with E-state index in [2.05, 4.69) is 28.8 Å². The molecule has 4 rings (SSSR count). The van der Waals surface area contributed by atoms with Crippen molar-refractivity contribution in [1.82, 2.24) is 5.32 Å². The molecule has 2 atom stereocenters. The van der Waals surface area contributed by atoms with Crippen molar-refractivity contribution in [2.45, 2.75) is 25.0 Å². The van der Waals surface area contributed by atoms with Gasteiger partial charge in [0.1, 0.15) is 12.2 Å². The number of hydrogen-bond donors (Lipinski definition) is 3. The predicted octanol–water partition coefficient (Wildman–Crippen LogP) is 4.59. The number of anilines is 1. The normalized spacial score (nSPS) is 15.5. The highest BCUT2D eigenvalue weighted by molar-refractivity contribution is 6.31. The lowest BCUT2D eigenvalue weighted by Crippen LogP contribution is -2.43. The first-order chi connectivity index (χ1) is 16.0. The van der Waals surface area contributed by atoms with Gasteiger partial charge >= 0.3 is 5.97 Å². The molecule has 0 saturated carbocycles. The van der Waals surface area contributed by atoms with Gasteiger partial charge in [-0.2, -0.15) is 5.26 Å². The van der Waals surface area contributed by atoms with Crippen LogP contribution >= 0.6 is 11.6 Å². The molecule has 3 aromatic rings. The Balaban J connectivity index is 1.50. The highest BCUT2D eigenvalue weighted by Crippen LogP contribution is 2.35. The number of nitriles is 1. The van der Waals surface area contributed by atoms with E-state index in [0.717, 1.165) is 16.8 Å². The van der Waals surface area contributed by atoms with Crippen LogP contribution in [0, 0.1) is 11.3 Å². The van der Waals surface area contributed by atoms with E-state index in [0.29, 0.717) is 41.4 Å². The van der Waals surface area contributed by atoms with Gasteiger partial charge in [-0.3, -0.25) is 4.79 Å². The third kappa shape index (κ3) is 5.46. The molecule has 0 amide bonds. The highest BCUT2D eigenvalue weighted by Gasteiger charge is 2.30. The molecule has 0 aromatic heterocycles. The van der Waals surface area contributed by atoms with Crippen molar-refractivity contribution < 1.29 is 14.6 Å². The number of ether oxygens (including phenoxy) is 1. The molecule has 0 spiro atoms. The van der Waals surface area contributed by atoms with Gasteiger partial charge in [-0.25, -0.2) is 0 Å². The number of fused-ring (bicyclic) bond motifs is 1. The van der Waals surface area contributed by atoms with E-state index in [9.17, 15) is 10.1 Å². The standard InChI is InChI=1S/C26H24ClN3O3/c27-21-10-9-17(13-20(21)14-24(31)32)11-12-29-25(18-5-2-1-3-6-18)23-16-30-22-8-4-7-19(15-28)26(22)33-23/h1-10,13,23,25,29-30H,11-12,14,16H2,(H,31,32)/t23-,25-/m1/s1. The number of rotatable bonds is 8. The number of nitrogens with one attached hydrogen (secondary N) is 2. The molecule has 0 aliphatic carbocycles. The summed E-state index contributed by atoms with van der Waals surface area (Å²) < 4.78 is 6.32. The zero-order chi connectivity index (χ0) is 23.2. The van der Waals surface area contributed by atoms with Gasteiger partial charge in [0.15, 0.2) is 5.75 Å². The number of carboxylic acids is 1. The molecule has 168 valence electrons. The van der Waals surface area contributed by atoms with Gasteiger partial charge in [0, 0.05) is 5.02 Å². The molecular formula is C26H24ClN3O3. The van der Waals surface area contributed by atoms with Crippen LogP contribution < -0.4 is 15.4 Å². The van der Waals surface area contributed by atoms with Crippen LogP contribution in [0.15, 0.2) is 66.7 Å². The Bertz CT molecular complexity index is 1180. The van der Waals surface area contributed by atoms with Crippen LogP contribution in [0.3, 0.4) is 0 Å². The molecule has 1 heterocycles. The van der Waals surface area contributed by atoms with Crippen molar-refractivity contribution in [3.63, 3.8) is 0 Å². The van der Waals surface area contributed by atoms with Crippen LogP contribution in [0.5, 0.6) is 5.75 Å². The molecule has 0 fully saturated rings. The summed E-state index contributed by atoms with van der Waals surface area (Å²) in [5.41, 5.74) is 4.04. The zero-order valence-corrected chi connectivity index (χ0v) is 18.7. The third-order valence-corrected chi connectivity index (χ3v) is 6.03. The van der Waals surface area contributed by atoms with Gasteiger partial charge in [0.25, 0.3) is 0 Å². The maximum absolute atomic E-state index is 11.1. The number of nitrogens with zero attached hydrogens (tertiary/aromatic N) is 1. The van der Waals surface area contributed by atoms with E-state index in [-0.39, 0.29) is 18.6 Å². The van der Waals surface area contributed by atoms with Crippen LogP contribution in [-0.2, 0) is 17.6 Å². The Morgan fingerprint density at radius 3 is 2.79 bits per heavy atom. The summed E-state index contributed by atoms with van der Waals surface area (Å²) in [5.74, 6) is -0.328. The molecule has 0 radical (unpaired) electrons. The molecule has 7 heteroatoms.